The second-order valence-electron chi connectivity index (χ2n) is 3.89. The summed E-state index contributed by atoms with van der Waals surface area (Å²) in [6.07, 6.45) is 0. The molecule has 88 valence electrons. The van der Waals surface area contributed by atoms with Crippen LogP contribution in [0.4, 0.5) is 5.95 Å². The minimum atomic E-state index is -0.474. The molecule has 2 aromatic rings. The van der Waals surface area contributed by atoms with Crippen LogP contribution >= 0.6 is 0 Å². The fourth-order valence-electron chi connectivity index (χ4n) is 2.14. The van der Waals surface area contributed by atoms with E-state index >= 15 is 0 Å². The maximum absolute atomic E-state index is 11.2. The van der Waals surface area contributed by atoms with Crippen LogP contribution < -0.4 is 15.8 Å². The molecule has 17 heavy (non-hydrogen) atoms. The van der Waals surface area contributed by atoms with Gasteiger partial charge in [0.1, 0.15) is 17.9 Å². The van der Waals surface area contributed by atoms with Crippen LogP contribution in [-0.4, -0.2) is 29.1 Å². The lowest BCUT2D eigenvalue weighted by atomic mass is 10.1. The third kappa shape index (κ3) is 1.33. The monoisotopic (exact) mass is 232 g/mol. The Morgan fingerprint density at radius 2 is 2.41 bits per heavy atom. The molecule has 0 unspecified atom stereocenters. The Morgan fingerprint density at radius 1 is 1.59 bits per heavy atom. The van der Waals surface area contributed by atoms with Crippen molar-refractivity contribution in [3.8, 4) is 5.75 Å². The molecule has 6 nitrogen and oxygen atoms in total. The van der Waals surface area contributed by atoms with Crippen LogP contribution in [0.3, 0.4) is 0 Å². The molecule has 1 aliphatic heterocycles. The van der Waals surface area contributed by atoms with Gasteiger partial charge in [-0.1, -0.05) is 0 Å². The van der Waals surface area contributed by atoms with E-state index in [0.717, 1.165) is 23.5 Å². The highest BCUT2D eigenvalue weighted by Crippen LogP contribution is 2.32. The fraction of sp³-hybridized carbons (Fsp3) is 0.273. The summed E-state index contributed by atoms with van der Waals surface area (Å²) in [5.41, 5.74) is 7.33. The predicted octanol–water partition coefficient (Wildman–Crippen LogP) is 0.569. The Morgan fingerprint density at radius 3 is 3.12 bits per heavy atom. The van der Waals surface area contributed by atoms with Crippen LogP contribution in [-0.2, 0) is 6.54 Å². The molecule has 0 saturated carbocycles. The van der Waals surface area contributed by atoms with E-state index in [4.69, 9.17) is 10.5 Å². The number of anilines is 1. The van der Waals surface area contributed by atoms with Crippen molar-refractivity contribution in [2.75, 3.05) is 19.0 Å². The third-order valence-corrected chi connectivity index (χ3v) is 2.89. The zero-order chi connectivity index (χ0) is 12.0. The zero-order valence-electron chi connectivity index (χ0n) is 9.36. The van der Waals surface area contributed by atoms with Gasteiger partial charge in [0.05, 0.1) is 12.1 Å². The van der Waals surface area contributed by atoms with Crippen LogP contribution in [0.25, 0.3) is 11.0 Å². The highest BCUT2D eigenvalue weighted by atomic mass is 16.5. The van der Waals surface area contributed by atoms with Gasteiger partial charge in [0.2, 0.25) is 11.9 Å². The van der Waals surface area contributed by atoms with Gasteiger partial charge in [0.25, 0.3) is 0 Å². The molecule has 6 heteroatoms. The number of ether oxygens (including phenoxy) is 1. The number of rotatable bonds is 2. The van der Waals surface area contributed by atoms with E-state index < -0.39 is 5.91 Å². The number of nitrogens with one attached hydrogen (secondary N) is 1. The summed E-state index contributed by atoms with van der Waals surface area (Å²) in [6.45, 7) is 1.31. The SMILES string of the molecule is CNc1nc2cc(C(N)=O)cc3c2n1CCO3. The topological polar surface area (TPSA) is 82.2 Å². The molecule has 0 bridgehead atoms. The summed E-state index contributed by atoms with van der Waals surface area (Å²) < 4.78 is 7.59. The van der Waals surface area contributed by atoms with Crippen molar-refractivity contribution in [1.82, 2.24) is 9.55 Å². The molecular weight excluding hydrogens is 220 g/mol. The van der Waals surface area contributed by atoms with E-state index in [1.165, 1.54) is 0 Å². The first-order valence-corrected chi connectivity index (χ1v) is 5.35. The first-order chi connectivity index (χ1) is 8.20. The first-order valence-electron chi connectivity index (χ1n) is 5.35. The fourth-order valence-corrected chi connectivity index (χ4v) is 2.14. The molecule has 3 N–H and O–H groups in total. The van der Waals surface area contributed by atoms with E-state index in [1.54, 1.807) is 12.1 Å². The number of carbonyl (C=O) groups is 1. The van der Waals surface area contributed by atoms with Crippen molar-refractivity contribution in [3.63, 3.8) is 0 Å². The Bertz CT molecular complexity index is 617. The molecule has 3 rings (SSSR count). The minimum absolute atomic E-state index is 0.418. The number of nitrogens with zero attached hydrogens (tertiary/aromatic N) is 2. The van der Waals surface area contributed by atoms with Gasteiger partial charge < -0.3 is 20.4 Å². The average Bonchev–Trinajstić information content (AvgIpc) is 2.69. The molecule has 1 aromatic carbocycles. The van der Waals surface area contributed by atoms with Gasteiger partial charge in [-0.2, -0.15) is 0 Å². The highest BCUT2D eigenvalue weighted by molar-refractivity contribution is 5.99. The summed E-state index contributed by atoms with van der Waals surface area (Å²) in [5, 5.41) is 3.03. The number of imidazole rings is 1. The van der Waals surface area contributed by atoms with Crippen LogP contribution in [0.2, 0.25) is 0 Å². The number of hydrogen-bond acceptors (Lipinski definition) is 4. The van der Waals surface area contributed by atoms with E-state index in [0.29, 0.717) is 17.9 Å². The van der Waals surface area contributed by atoms with Crippen molar-refractivity contribution in [2.45, 2.75) is 6.54 Å². The number of hydrogen-bond donors (Lipinski definition) is 2. The Balaban J connectivity index is 2.35. The maximum Gasteiger partial charge on any atom is 0.248 e. The summed E-state index contributed by atoms with van der Waals surface area (Å²) in [5.74, 6) is 0.959. The van der Waals surface area contributed by atoms with Gasteiger partial charge in [-0.05, 0) is 12.1 Å². The van der Waals surface area contributed by atoms with Gasteiger partial charge in [-0.3, -0.25) is 4.79 Å². The summed E-state index contributed by atoms with van der Waals surface area (Å²) in [6, 6.07) is 3.36. The lowest BCUT2D eigenvalue weighted by molar-refractivity contribution is 0.1000. The molecule has 1 aliphatic rings. The zero-order valence-corrected chi connectivity index (χ0v) is 9.36. The smallest absolute Gasteiger partial charge is 0.248 e. The molecular formula is C11H12N4O2. The van der Waals surface area contributed by atoms with E-state index in [-0.39, 0.29) is 0 Å². The lowest BCUT2D eigenvalue weighted by Gasteiger charge is -2.17. The van der Waals surface area contributed by atoms with Crippen LogP contribution in [0.1, 0.15) is 10.4 Å². The van der Waals surface area contributed by atoms with Gasteiger partial charge in [-0.15, -0.1) is 0 Å². The highest BCUT2D eigenvalue weighted by Gasteiger charge is 2.20. The minimum Gasteiger partial charge on any atom is -0.489 e. The average molecular weight is 232 g/mol. The summed E-state index contributed by atoms with van der Waals surface area (Å²) in [4.78, 5) is 15.6. The van der Waals surface area contributed by atoms with Gasteiger partial charge >= 0.3 is 0 Å². The second kappa shape index (κ2) is 3.38. The van der Waals surface area contributed by atoms with Gasteiger partial charge in [0, 0.05) is 12.6 Å². The number of amides is 1. The quantitative estimate of drug-likeness (QED) is 0.793. The number of primary amides is 1. The molecule has 0 spiro atoms. The van der Waals surface area contributed by atoms with Crippen molar-refractivity contribution in [1.29, 1.82) is 0 Å². The summed E-state index contributed by atoms with van der Waals surface area (Å²) >= 11 is 0. The summed E-state index contributed by atoms with van der Waals surface area (Å²) in [7, 11) is 1.81. The lowest BCUT2D eigenvalue weighted by Crippen LogP contribution is -2.17. The van der Waals surface area contributed by atoms with Crippen molar-refractivity contribution < 1.29 is 9.53 Å². The van der Waals surface area contributed by atoms with Crippen molar-refractivity contribution in [2.24, 2.45) is 5.73 Å². The van der Waals surface area contributed by atoms with E-state index in [2.05, 4.69) is 10.3 Å². The normalized spacial score (nSPS) is 13.5. The standard InChI is InChI=1S/C11H12N4O2/c1-13-11-14-7-4-6(10(12)16)5-8-9(7)15(11)2-3-17-8/h4-5H,2-3H2,1H3,(H2,12,16)(H,13,14). The first kappa shape index (κ1) is 9.95. The largest absolute Gasteiger partial charge is 0.489 e. The molecule has 2 heterocycles. The van der Waals surface area contributed by atoms with Crippen LogP contribution in [0.5, 0.6) is 5.75 Å². The number of nitrogens with two attached hydrogens (primary N) is 1. The van der Waals surface area contributed by atoms with Gasteiger partial charge in [0.15, 0.2) is 0 Å². The maximum atomic E-state index is 11.2. The molecule has 0 saturated heterocycles. The van der Waals surface area contributed by atoms with E-state index in [9.17, 15) is 4.79 Å². The Labute approximate surface area is 97.4 Å². The van der Waals surface area contributed by atoms with Crippen LogP contribution in [0.15, 0.2) is 12.1 Å². The number of benzene rings is 1. The molecule has 0 radical (unpaired) electrons. The van der Waals surface area contributed by atoms with Gasteiger partial charge in [-0.25, -0.2) is 4.98 Å². The van der Waals surface area contributed by atoms with E-state index in [1.807, 2.05) is 11.6 Å². The third-order valence-electron chi connectivity index (χ3n) is 2.89. The molecule has 0 fully saturated rings. The van der Waals surface area contributed by atoms with Crippen LogP contribution in [0, 0.1) is 0 Å². The Kier molecular flexibility index (Phi) is 1.98. The Hall–Kier alpha value is -2.24. The van der Waals surface area contributed by atoms with Crippen molar-refractivity contribution in [3.05, 3.63) is 17.7 Å². The molecule has 0 atom stereocenters. The molecule has 1 amide bonds. The predicted molar refractivity (Wildman–Crippen MR) is 63.3 cm³/mol. The number of carbonyl (C=O) groups excluding carboxylic acids is 1. The second-order valence-corrected chi connectivity index (χ2v) is 3.89. The molecule has 1 aromatic heterocycles. The van der Waals surface area contributed by atoms with Crippen molar-refractivity contribution >= 4 is 22.9 Å². The molecule has 0 aliphatic carbocycles. The number of aromatic nitrogens is 2.